The van der Waals surface area contributed by atoms with E-state index in [0.717, 1.165) is 0 Å². The minimum atomic E-state index is -0.323. The maximum absolute atomic E-state index is 13.6. The third-order valence-corrected chi connectivity index (χ3v) is 3.84. The van der Waals surface area contributed by atoms with Crippen molar-refractivity contribution in [3.8, 4) is 0 Å². The predicted molar refractivity (Wildman–Crippen MR) is 98.6 cm³/mol. The van der Waals surface area contributed by atoms with Gasteiger partial charge in [-0.15, -0.1) is 0 Å². The number of hydrogen-bond acceptors (Lipinski definition) is 3. The molecule has 0 unspecified atom stereocenters. The molecule has 26 heavy (non-hydrogen) atoms. The Labute approximate surface area is 152 Å². The fourth-order valence-corrected chi connectivity index (χ4v) is 2.47. The van der Waals surface area contributed by atoms with Gasteiger partial charge in [0.05, 0.1) is 11.3 Å². The van der Waals surface area contributed by atoms with Crippen molar-refractivity contribution in [3.05, 3.63) is 65.5 Å². The monoisotopic (exact) mass is 358 g/mol. The van der Waals surface area contributed by atoms with Crippen LogP contribution in [-0.2, 0) is 16.0 Å². The molecule has 0 saturated heterocycles. The van der Waals surface area contributed by atoms with Crippen LogP contribution in [0.15, 0.2) is 48.5 Å². The summed E-state index contributed by atoms with van der Waals surface area (Å²) in [6.07, 6.45) is 1.13. The molecule has 138 valence electrons. The van der Waals surface area contributed by atoms with Crippen LogP contribution >= 0.6 is 0 Å². The number of halogens is 1. The van der Waals surface area contributed by atoms with E-state index in [9.17, 15) is 14.0 Å². The van der Waals surface area contributed by atoms with Crippen LogP contribution in [0.4, 0.5) is 10.1 Å². The number of ether oxygens (including phenoxy) is 1. The first-order chi connectivity index (χ1) is 12.6. The van der Waals surface area contributed by atoms with Gasteiger partial charge < -0.3 is 15.4 Å². The summed E-state index contributed by atoms with van der Waals surface area (Å²) in [5.41, 5.74) is 1.33. The number of anilines is 1. The Morgan fingerprint density at radius 1 is 1.08 bits per heavy atom. The van der Waals surface area contributed by atoms with Gasteiger partial charge in [-0.1, -0.05) is 30.3 Å². The SMILES string of the molecule is COCCCNC(=O)c1ccccc1NC(=O)CCc1ccccc1F. The van der Waals surface area contributed by atoms with Crippen LogP contribution in [0, 0.1) is 5.82 Å². The van der Waals surface area contributed by atoms with Crippen LogP contribution in [0.25, 0.3) is 0 Å². The number of nitrogens with one attached hydrogen (secondary N) is 2. The Hall–Kier alpha value is -2.73. The highest BCUT2D eigenvalue weighted by Gasteiger charge is 2.13. The van der Waals surface area contributed by atoms with Gasteiger partial charge in [-0.3, -0.25) is 9.59 Å². The van der Waals surface area contributed by atoms with Gasteiger partial charge in [-0.25, -0.2) is 4.39 Å². The fourth-order valence-electron chi connectivity index (χ4n) is 2.47. The molecule has 0 heterocycles. The van der Waals surface area contributed by atoms with Crippen molar-refractivity contribution in [2.45, 2.75) is 19.3 Å². The lowest BCUT2D eigenvalue weighted by atomic mass is 10.1. The van der Waals surface area contributed by atoms with Gasteiger partial charge in [0.25, 0.3) is 5.91 Å². The van der Waals surface area contributed by atoms with Gasteiger partial charge >= 0.3 is 0 Å². The number of methoxy groups -OCH3 is 1. The Kier molecular flexibility index (Phi) is 7.76. The zero-order valence-corrected chi connectivity index (χ0v) is 14.8. The molecule has 0 radical (unpaired) electrons. The quantitative estimate of drug-likeness (QED) is 0.677. The van der Waals surface area contributed by atoms with Crippen molar-refractivity contribution in [2.24, 2.45) is 0 Å². The summed E-state index contributed by atoms with van der Waals surface area (Å²) in [5.74, 6) is -0.852. The van der Waals surface area contributed by atoms with E-state index in [4.69, 9.17) is 4.74 Å². The van der Waals surface area contributed by atoms with Gasteiger partial charge in [0.2, 0.25) is 5.91 Å². The summed E-state index contributed by atoms with van der Waals surface area (Å²) < 4.78 is 18.6. The first-order valence-corrected chi connectivity index (χ1v) is 8.51. The van der Waals surface area contributed by atoms with E-state index in [1.54, 1.807) is 49.6 Å². The van der Waals surface area contributed by atoms with E-state index in [1.807, 2.05) is 0 Å². The lowest BCUT2D eigenvalue weighted by Crippen LogP contribution is -2.26. The van der Waals surface area contributed by atoms with Crippen molar-refractivity contribution < 1.29 is 18.7 Å². The average molecular weight is 358 g/mol. The van der Waals surface area contributed by atoms with E-state index in [-0.39, 0.29) is 24.1 Å². The van der Waals surface area contributed by atoms with Gasteiger partial charge in [-0.05, 0) is 36.6 Å². The second-order valence-corrected chi connectivity index (χ2v) is 5.79. The van der Waals surface area contributed by atoms with Crippen LogP contribution in [-0.4, -0.2) is 32.1 Å². The minimum Gasteiger partial charge on any atom is -0.385 e. The second-order valence-electron chi connectivity index (χ2n) is 5.79. The molecule has 0 saturated carbocycles. The lowest BCUT2D eigenvalue weighted by Gasteiger charge is -2.11. The molecule has 0 aliphatic rings. The third kappa shape index (κ3) is 5.97. The molecular formula is C20H23FN2O3. The highest BCUT2D eigenvalue weighted by molar-refractivity contribution is 6.03. The Balaban J connectivity index is 1.93. The molecule has 5 nitrogen and oxygen atoms in total. The largest absolute Gasteiger partial charge is 0.385 e. The van der Waals surface area contributed by atoms with Crippen LogP contribution < -0.4 is 10.6 Å². The van der Waals surface area contributed by atoms with Crippen molar-refractivity contribution in [1.82, 2.24) is 5.32 Å². The van der Waals surface area contributed by atoms with Gasteiger partial charge in [0.15, 0.2) is 0 Å². The first kappa shape index (κ1) is 19.6. The zero-order chi connectivity index (χ0) is 18.8. The smallest absolute Gasteiger partial charge is 0.253 e. The van der Waals surface area contributed by atoms with Gasteiger partial charge in [-0.2, -0.15) is 0 Å². The van der Waals surface area contributed by atoms with E-state index >= 15 is 0 Å². The number of hydrogen-bond donors (Lipinski definition) is 2. The van der Waals surface area contributed by atoms with Crippen LogP contribution in [0.1, 0.15) is 28.8 Å². The van der Waals surface area contributed by atoms with Crippen molar-refractivity contribution in [1.29, 1.82) is 0 Å². The molecule has 0 bridgehead atoms. The number of para-hydroxylation sites is 1. The summed E-state index contributed by atoms with van der Waals surface area (Å²) >= 11 is 0. The molecule has 2 rings (SSSR count). The van der Waals surface area contributed by atoms with Crippen LogP contribution in [0.2, 0.25) is 0 Å². The Morgan fingerprint density at radius 2 is 1.81 bits per heavy atom. The fraction of sp³-hybridized carbons (Fsp3) is 0.300. The van der Waals surface area contributed by atoms with E-state index < -0.39 is 0 Å². The molecule has 2 aromatic carbocycles. The summed E-state index contributed by atoms with van der Waals surface area (Å²) in [4.78, 5) is 24.5. The van der Waals surface area contributed by atoms with Gasteiger partial charge in [0, 0.05) is 26.7 Å². The first-order valence-electron chi connectivity index (χ1n) is 8.51. The maximum atomic E-state index is 13.6. The Bertz CT molecular complexity index is 749. The number of amides is 2. The third-order valence-electron chi connectivity index (χ3n) is 3.84. The van der Waals surface area contributed by atoms with E-state index in [1.165, 1.54) is 6.07 Å². The summed E-state index contributed by atoms with van der Waals surface area (Å²) in [6, 6.07) is 13.2. The standard InChI is InChI=1S/C20H23FN2O3/c1-26-14-6-13-22-20(25)16-8-3-5-10-18(16)23-19(24)12-11-15-7-2-4-9-17(15)21/h2-5,7-10H,6,11-14H2,1H3,(H,22,25)(H,23,24). The number of rotatable bonds is 9. The number of carbonyl (C=O) groups excluding carboxylic acids is 2. The second kappa shape index (κ2) is 10.3. The maximum Gasteiger partial charge on any atom is 0.253 e. The Morgan fingerprint density at radius 3 is 2.58 bits per heavy atom. The molecule has 0 atom stereocenters. The molecule has 2 aromatic rings. The van der Waals surface area contributed by atoms with Crippen molar-refractivity contribution in [3.63, 3.8) is 0 Å². The van der Waals surface area contributed by atoms with Crippen molar-refractivity contribution in [2.75, 3.05) is 25.6 Å². The summed E-state index contributed by atoms with van der Waals surface area (Å²) in [7, 11) is 1.61. The molecule has 0 fully saturated rings. The molecular weight excluding hydrogens is 335 g/mol. The average Bonchev–Trinajstić information content (AvgIpc) is 2.65. The van der Waals surface area contributed by atoms with E-state index in [0.29, 0.717) is 42.8 Å². The summed E-state index contributed by atoms with van der Waals surface area (Å²) in [6.45, 7) is 1.05. The summed E-state index contributed by atoms with van der Waals surface area (Å²) in [5, 5.41) is 5.53. The molecule has 0 aromatic heterocycles. The van der Waals surface area contributed by atoms with Crippen molar-refractivity contribution >= 4 is 17.5 Å². The molecule has 2 N–H and O–H groups in total. The molecule has 6 heteroatoms. The van der Waals surface area contributed by atoms with Crippen LogP contribution in [0.5, 0.6) is 0 Å². The normalized spacial score (nSPS) is 10.4. The number of aryl methyl sites for hydroxylation is 1. The molecule has 0 spiro atoms. The number of benzene rings is 2. The highest BCUT2D eigenvalue weighted by Crippen LogP contribution is 2.16. The zero-order valence-electron chi connectivity index (χ0n) is 14.8. The highest BCUT2D eigenvalue weighted by atomic mass is 19.1. The van der Waals surface area contributed by atoms with E-state index in [2.05, 4.69) is 10.6 Å². The number of carbonyl (C=O) groups is 2. The topological polar surface area (TPSA) is 67.4 Å². The minimum absolute atomic E-state index is 0.130. The van der Waals surface area contributed by atoms with Crippen LogP contribution in [0.3, 0.4) is 0 Å². The molecule has 0 aliphatic heterocycles. The van der Waals surface area contributed by atoms with Gasteiger partial charge in [0.1, 0.15) is 5.82 Å². The predicted octanol–water partition coefficient (Wildman–Crippen LogP) is 3.16. The molecule has 2 amide bonds. The molecule has 0 aliphatic carbocycles. The lowest BCUT2D eigenvalue weighted by molar-refractivity contribution is -0.116.